The fourth-order valence-corrected chi connectivity index (χ4v) is 4.60. The Balaban J connectivity index is 1.43. The molecule has 0 unspecified atom stereocenters. The predicted octanol–water partition coefficient (Wildman–Crippen LogP) is 1.86. The second-order valence-corrected chi connectivity index (χ2v) is 9.58. The minimum atomic E-state index is -3.06. The van der Waals surface area contributed by atoms with Crippen molar-refractivity contribution in [3.05, 3.63) is 35.5 Å². The van der Waals surface area contributed by atoms with Gasteiger partial charge in [-0.1, -0.05) is 12.1 Å². The number of benzene rings is 1. The van der Waals surface area contributed by atoms with E-state index in [9.17, 15) is 8.42 Å². The molecule has 154 valence electrons. The summed E-state index contributed by atoms with van der Waals surface area (Å²) >= 11 is 0. The summed E-state index contributed by atoms with van der Waals surface area (Å²) in [5.74, 6) is 1.26. The van der Waals surface area contributed by atoms with Crippen LogP contribution in [0.4, 0.5) is 0 Å². The van der Waals surface area contributed by atoms with E-state index < -0.39 is 10.0 Å². The zero-order valence-corrected chi connectivity index (χ0v) is 17.8. The van der Waals surface area contributed by atoms with E-state index in [2.05, 4.69) is 51.9 Å². The number of rotatable bonds is 6. The molecule has 2 aromatic rings. The van der Waals surface area contributed by atoms with Gasteiger partial charge in [0.1, 0.15) is 0 Å². The Morgan fingerprint density at radius 2 is 2.04 bits per heavy atom. The molecule has 1 fully saturated rings. The third-order valence-corrected chi connectivity index (χ3v) is 6.74. The van der Waals surface area contributed by atoms with E-state index in [1.165, 1.54) is 28.3 Å². The molecule has 1 aromatic carbocycles. The average molecular weight is 406 g/mol. The van der Waals surface area contributed by atoms with Crippen LogP contribution in [0.25, 0.3) is 10.9 Å². The minimum absolute atomic E-state index is 0.466. The van der Waals surface area contributed by atoms with Crippen LogP contribution in [0.5, 0.6) is 0 Å². The number of fused-ring (bicyclic) bond motifs is 1. The lowest BCUT2D eigenvalue weighted by Crippen LogP contribution is -2.44. The van der Waals surface area contributed by atoms with Gasteiger partial charge < -0.3 is 15.6 Å². The number of nitrogens with one attached hydrogen (secondary N) is 3. The van der Waals surface area contributed by atoms with Crippen molar-refractivity contribution in [2.45, 2.75) is 26.2 Å². The summed E-state index contributed by atoms with van der Waals surface area (Å²) in [5, 5.41) is 8.03. The Bertz CT molecular complexity index is 927. The van der Waals surface area contributed by atoms with E-state index in [4.69, 9.17) is 0 Å². The van der Waals surface area contributed by atoms with Gasteiger partial charge in [-0.05, 0) is 49.3 Å². The van der Waals surface area contributed by atoms with Crippen LogP contribution in [0.3, 0.4) is 0 Å². The molecule has 0 radical (unpaired) electrons. The number of aryl methyl sites for hydroxylation is 1. The van der Waals surface area contributed by atoms with E-state index in [0.717, 1.165) is 38.3 Å². The van der Waals surface area contributed by atoms with E-state index in [0.29, 0.717) is 19.0 Å². The number of aromatic amines is 1. The van der Waals surface area contributed by atoms with Gasteiger partial charge in [-0.2, -0.15) is 0 Å². The highest BCUT2D eigenvalue weighted by Crippen LogP contribution is 2.20. The Morgan fingerprint density at radius 3 is 2.71 bits per heavy atom. The number of hydrogen-bond acceptors (Lipinski definition) is 3. The molecule has 28 heavy (non-hydrogen) atoms. The summed E-state index contributed by atoms with van der Waals surface area (Å²) in [4.78, 5) is 7.64. The standard InChI is InChI=1S/C20H31N5O2S/c1-15-4-5-18-17(14-23-19(18)12-15)6-9-22-20(21-2)24-13-16-7-10-25(11-8-16)28(3,26)27/h4-5,12,14,16,23H,6-11,13H2,1-3H3,(H2,21,22,24). The molecule has 0 aliphatic carbocycles. The highest BCUT2D eigenvalue weighted by Gasteiger charge is 2.24. The molecule has 8 heteroatoms. The maximum absolute atomic E-state index is 11.6. The summed E-state index contributed by atoms with van der Waals surface area (Å²) in [6.45, 7) is 4.92. The smallest absolute Gasteiger partial charge is 0.211 e. The van der Waals surface area contributed by atoms with Crippen molar-refractivity contribution >= 4 is 26.9 Å². The van der Waals surface area contributed by atoms with E-state index >= 15 is 0 Å². The van der Waals surface area contributed by atoms with E-state index in [1.54, 1.807) is 11.4 Å². The number of piperidine rings is 1. The molecule has 0 bridgehead atoms. The Morgan fingerprint density at radius 1 is 1.29 bits per heavy atom. The third-order valence-electron chi connectivity index (χ3n) is 5.43. The van der Waals surface area contributed by atoms with Gasteiger partial charge >= 0.3 is 0 Å². The predicted molar refractivity (Wildman–Crippen MR) is 115 cm³/mol. The molecule has 2 heterocycles. The van der Waals surface area contributed by atoms with Crippen LogP contribution >= 0.6 is 0 Å². The number of hydrogen-bond donors (Lipinski definition) is 3. The number of aromatic nitrogens is 1. The largest absolute Gasteiger partial charge is 0.361 e. The van der Waals surface area contributed by atoms with Crippen LogP contribution in [0.2, 0.25) is 0 Å². The molecule has 3 N–H and O–H groups in total. The van der Waals surface area contributed by atoms with Crippen molar-refractivity contribution in [1.29, 1.82) is 0 Å². The second kappa shape index (κ2) is 8.96. The monoisotopic (exact) mass is 405 g/mol. The van der Waals surface area contributed by atoms with Crippen LogP contribution in [0.15, 0.2) is 29.4 Å². The summed E-state index contributed by atoms with van der Waals surface area (Å²) in [5.41, 5.74) is 3.73. The van der Waals surface area contributed by atoms with Gasteiger partial charge in [-0.15, -0.1) is 0 Å². The average Bonchev–Trinajstić information content (AvgIpc) is 3.06. The topological polar surface area (TPSA) is 89.6 Å². The van der Waals surface area contributed by atoms with Crippen molar-refractivity contribution in [2.75, 3.05) is 39.5 Å². The second-order valence-electron chi connectivity index (χ2n) is 7.60. The first-order valence-electron chi connectivity index (χ1n) is 9.83. The molecule has 0 spiro atoms. The quantitative estimate of drug-likeness (QED) is 0.505. The van der Waals surface area contributed by atoms with Gasteiger partial charge in [0.15, 0.2) is 5.96 Å². The molecular formula is C20H31N5O2S. The number of H-pyrrole nitrogens is 1. The molecule has 1 saturated heterocycles. The zero-order valence-electron chi connectivity index (χ0n) is 17.0. The lowest BCUT2D eigenvalue weighted by atomic mass is 9.98. The first-order chi connectivity index (χ1) is 13.4. The van der Waals surface area contributed by atoms with Gasteiger partial charge in [0.05, 0.1) is 6.26 Å². The molecule has 0 saturated carbocycles. The number of guanidine groups is 1. The van der Waals surface area contributed by atoms with Crippen LogP contribution < -0.4 is 10.6 Å². The lowest BCUT2D eigenvalue weighted by molar-refractivity contribution is 0.275. The summed E-state index contributed by atoms with van der Waals surface area (Å²) in [6, 6.07) is 6.48. The number of sulfonamides is 1. The number of aliphatic imine (C=N–C) groups is 1. The van der Waals surface area contributed by atoms with Gasteiger partial charge in [0.2, 0.25) is 10.0 Å². The van der Waals surface area contributed by atoms with Crippen LogP contribution in [0.1, 0.15) is 24.0 Å². The SMILES string of the molecule is CN=C(NCCc1c[nH]c2cc(C)ccc12)NCC1CCN(S(C)(=O)=O)CC1. The van der Waals surface area contributed by atoms with Gasteiger partial charge in [0.25, 0.3) is 0 Å². The van der Waals surface area contributed by atoms with Crippen molar-refractivity contribution in [3.63, 3.8) is 0 Å². The van der Waals surface area contributed by atoms with E-state index in [-0.39, 0.29) is 0 Å². The maximum Gasteiger partial charge on any atom is 0.211 e. The molecule has 1 aliphatic heterocycles. The van der Waals surface area contributed by atoms with Gasteiger partial charge in [-0.3, -0.25) is 4.99 Å². The third kappa shape index (κ3) is 5.26. The number of nitrogens with zero attached hydrogens (tertiary/aromatic N) is 2. The molecule has 1 aromatic heterocycles. The van der Waals surface area contributed by atoms with E-state index in [1.807, 2.05) is 0 Å². The van der Waals surface area contributed by atoms with Crippen molar-refractivity contribution in [3.8, 4) is 0 Å². The fourth-order valence-electron chi connectivity index (χ4n) is 3.73. The molecular weight excluding hydrogens is 374 g/mol. The molecule has 1 aliphatic rings. The van der Waals surface area contributed by atoms with Gasteiger partial charge in [-0.25, -0.2) is 12.7 Å². The van der Waals surface area contributed by atoms with Crippen molar-refractivity contribution < 1.29 is 8.42 Å². The van der Waals surface area contributed by atoms with Crippen molar-refractivity contribution in [2.24, 2.45) is 10.9 Å². The molecule has 0 atom stereocenters. The zero-order chi connectivity index (χ0) is 20.1. The molecule has 7 nitrogen and oxygen atoms in total. The summed E-state index contributed by atoms with van der Waals surface area (Å²) in [7, 11) is -1.29. The Hall–Kier alpha value is -2.06. The van der Waals surface area contributed by atoms with Crippen LogP contribution in [0, 0.1) is 12.8 Å². The molecule has 0 amide bonds. The summed E-state index contributed by atoms with van der Waals surface area (Å²) < 4.78 is 24.8. The van der Waals surface area contributed by atoms with Gasteiger partial charge in [0, 0.05) is 50.3 Å². The van der Waals surface area contributed by atoms with Crippen LogP contribution in [-0.2, 0) is 16.4 Å². The van der Waals surface area contributed by atoms with Crippen molar-refractivity contribution in [1.82, 2.24) is 19.9 Å². The first-order valence-corrected chi connectivity index (χ1v) is 11.7. The van der Waals surface area contributed by atoms with Crippen LogP contribution in [-0.4, -0.2) is 63.1 Å². The highest BCUT2D eigenvalue weighted by atomic mass is 32.2. The fraction of sp³-hybridized carbons (Fsp3) is 0.550. The summed E-state index contributed by atoms with van der Waals surface area (Å²) in [6.07, 6.45) is 6.04. The Kier molecular flexibility index (Phi) is 6.61. The Labute approximate surface area is 167 Å². The maximum atomic E-state index is 11.6. The lowest BCUT2D eigenvalue weighted by Gasteiger charge is -2.30. The first kappa shape index (κ1) is 20.7. The minimum Gasteiger partial charge on any atom is -0.361 e. The normalized spacial score (nSPS) is 17.2. The highest BCUT2D eigenvalue weighted by molar-refractivity contribution is 7.88. The molecule has 3 rings (SSSR count).